The number of nitrogens with one attached hydrogen (secondary N) is 3. The Morgan fingerprint density at radius 2 is 1.93 bits per heavy atom. The van der Waals surface area contributed by atoms with Crippen molar-refractivity contribution in [2.24, 2.45) is 10.4 Å². The van der Waals surface area contributed by atoms with E-state index in [-0.39, 0.29) is 42.2 Å². The number of ether oxygens (including phenoxy) is 2. The fraction of sp³-hybridized carbons (Fsp3) is 0.556. The Bertz CT molecular complexity index is 658. The predicted molar refractivity (Wildman–Crippen MR) is 116 cm³/mol. The van der Waals surface area contributed by atoms with E-state index >= 15 is 0 Å². The van der Waals surface area contributed by atoms with E-state index in [4.69, 9.17) is 4.74 Å². The molecule has 1 aromatic carbocycles. The fourth-order valence-corrected chi connectivity index (χ4v) is 2.22. The lowest BCUT2D eigenvalue weighted by Crippen LogP contribution is -2.47. The molecule has 0 aliphatic carbocycles. The third kappa shape index (κ3) is 8.44. The van der Waals surface area contributed by atoms with Crippen LogP contribution in [-0.4, -0.2) is 45.7 Å². The lowest BCUT2D eigenvalue weighted by molar-refractivity contribution is -0.128. The Morgan fingerprint density at radius 3 is 2.46 bits per heavy atom. The summed E-state index contributed by atoms with van der Waals surface area (Å²) in [5, 5.41) is 8.87. The predicted octanol–water partition coefficient (Wildman–Crippen LogP) is 2.74. The molecule has 0 fully saturated rings. The number of amides is 1. The van der Waals surface area contributed by atoms with Crippen LogP contribution in [0.2, 0.25) is 0 Å². The standard InChI is InChI=1S/C18H28F2N4O3.HI/c1-6-22-15(25)18(2,3)11-24-17(21-4)23-10-12-9-13(26-5)7-8-14(12)27-16(19)20;/h7-9,16H,6,10-11H2,1-5H3,(H,22,25)(H2,21,23,24);1H. The molecule has 0 atom stereocenters. The van der Waals surface area contributed by atoms with Gasteiger partial charge in [0.1, 0.15) is 11.5 Å². The number of alkyl halides is 2. The molecule has 10 heteroatoms. The number of halogens is 3. The molecule has 0 aromatic heterocycles. The minimum Gasteiger partial charge on any atom is -0.497 e. The van der Waals surface area contributed by atoms with Crippen molar-refractivity contribution in [1.29, 1.82) is 0 Å². The maximum atomic E-state index is 12.6. The molecule has 1 rings (SSSR count). The summed E-state index contributed by atoms with van der Waals surface area (Å²) in [7, 11) is 3.07. The number of aliphatic imine (C=N–C) groups is 1. The van der Waals surface area contributed by atoms with Crippen molar-refractivity contribution in [1.82, 2.24) is 16.0 Å². The average Bonchev–Trinajstić information content (AvgIpc) is 2.62. The first-order valence-corrected chi connectivity index (χ1v) is 8.58. The molecule has 1 amide bonds. The molecule has 0 unspecified atom stereocenters. The van der Waals surface area contributed by atoms with Crippen LogP contribution < -0.4 is 25.4 Å². The number of carbonyl (C=O) groups is 1. The van der Waals surface area contributed by atoms with Gasteiger partial charge in [-0.3, -0.25) is 9.79 Å². The van der Waals surface area contributed by atoms with Gasteiger partial charge in [-0.05, 0) is 39.0 Å². The second-order valence-electron chi connectivity index (χ2n) is 6.37. The first-order valence-electron chi connectivity index (χ1n) is 8.58. The zero-order chi connectivity index (χ0) is 20.4. The van der Waals surface area contributed by atoms with Crippen molar-refractivity contribution in [3.05, 3.63) is 23.8 Å². The van der Waals surface area contributed by atoms with Crippen LogP contribution in [0.1, 0.15) is 26.3 Å². The Kier molecular flexibility index (Phi) is 11.7. The summed E-state index contributed by atoms with van der Waals surface area (Å²) in [5.74, 6) is 0.927. The molecule has 0 saturated carbocycles. The lowest BCUT2D eigenvalue weighted by Gasteiger charge is -2.25. The van der Waals surface area contributed by atoms with Gasteiger partial charge in [-0.15, -0.1) is 24.0 Å². The number of nitrogens with zero attached hydrogens (tertiary/aromatic N) is 1. The molecule has 0 heterocycles. The maximum absolute atomic E-state index is 12.6. The van der Waals surface area contributed by atoms with Crippen LogP contribution in [0.5, 0.6) is 11.5 Å². The van der Waals surface area contributed by atoms with Gasteiger partial charge in [0, 0.05) is 32.2 Å². The van der Waals surface area contributed by atoms with Gasteiger partial charge in [-0.2, -0.15) is 8.78 Å². The van der Waals surface area contributed by atoms with E-state index in [2.05, 4.69) is 25.7 Å². The first kappa shape index (κ1) is 26.1. The summed E-state index contributed by atoms with van der Waals surface area (Å²) in [6.07, 6.45) is 0. The highest BCUT2D eigenvalue weighted by molar-refractivity contribution is 14.0. The smallest absolute Gasteiger partial charge is 0.387 e. The van der Waals surface area contributed by atoms with Crippen molar-refractivity contribution in [2.45, 2.75) is 33.9 Å². The molecule has 7 nitrogen and oxygen atoms in total. The van der Waals surface area contributed by atoms with Crippen LogP contribution in [0.25, 0.3) is 0 Å². The summed E-state index contributed by atoms with van der Waals surface area (Å²) in [6.45, 7) is 3.64. The number of benzene rings is 1. The third-order valence-corrected chi connectivity index (χ3v) is 3.80. The zero-order valence-electron chi connectivity index (χ0n) is 16.8. The molecule has 160 valence electrons. The molecule has 0 radical (unpaired) electrons. The number of hydrogen-bond acceptors (Lipinski definition) is 4. The van der Waals surface area contributed by atoms with Crippen molar-refractivity contribution >= 4 is 35.8 Å². The van der Waals surface area contributed by atoms with E-state index in [0.29, 0.717) is 30.4 Å². The number of methoxy groups -OCH3 is 1. The SMILES string of the molecule is CCNC(=O)C(C)(C)CNC(=NC)NCc1cc(OC)ccc1OC(F)F.I. The normalized spacial score (nSPS) is 11.5. The second kappa shape index (κ2) is 12.6. The first-order chi connectivity index (χ1) is 12.7. The Labute approximate surface area is 181 Å². The molecule has 0 saturated heterocycles. The molecular formula is C18H29F2IN4O3. The van der Waals surface area contributed by atoms with Gasteiger partial charge in [0.15, 0.2) is 5.96 Å². The largest absolute Gasteiger partial charge is 0.497 e. The minimum absolute atomic E-state index is 0. The lowest BCUT2D eigenvalue weighted by atomic mass is 9.92. The van der Waals surface area contributed by atoms with Gasteiger partial charge >= 0.3 is 6.61 Å². The van der Waals surface area contributed by atoms with Crippen LogP contribution in [0, 0.1) is 5.41 Å². The van der Waals surface area contributed by atoms with Gasteiger partial charge in [-0.25, -0.2) is 0 Å². The van der Waals surface area contributed by atoms with Crippen molar-refractivity contribution in [3.63, 3.8) is 0 Å². The van der Waals surface area contributed by atoms with E-state index in [1.807, 2.05) is 20.8 Å². The van der Waals surface area contributed by atoms with E-state index in [0.717, 1.165) is 0 Å². The Hall–Kier alpha value is -1.85. The third-order valence-electron chi connectivity index (χ3n) is 3.80. The van der Waals surface area contributed by atoms with Crippen LogP contribution in [-0.2, 0) is 11.3 Å². The van der Waals surface area contributed by atoms with Gasteiger partial charge in [0.25, 0.3) is 0 Å². The minimum atomic E-state index is -2.92. The molecule has 1 aromatic rings. The van der Waals surface area contributed by atoms with E-state index in [1.165, 1.54) is 13.2 Å². The second-order valence-corrected chi connectivity index (χ2v) is 6.37. The summed E-state index contributed by atoms with van der Waals surface area (Å²) in [5.41, 5.74) is -0.159. The van der Waals surface area contributed by atoms with Crippen LogP contribution in [0.15, 0.2) is 23.2 Å². The monoisotopic (exact) mass is 514 g/mol. The molecule has 3 N–H and O–H groups in total. The average molecular weight is 514 g/mol. The highest BCUT2D eigenvalue weighted by atomic mass is 127. The number of rotatable bonds is 9. The van der Waals surface area contributed by atoms with Gasteiger partial charge in [0.2, 0.25) is 5.91 Å². The molecule has 0 aliphatic rings. The zero-order valence-corrected chi connectivity index (χ0v) is 19.1. The summed E-state index contributed by atoms with van der Waals surface area (Å²) in [6, 6.07) is 4.58. The quantitative estimate of drug-likeness (QED) is 0.268. The molecule has 28 heavy (non-hydrogen) atoms. The van der Waals surface area contributed by atoms with Gasteiger partial charge in [-0.1, -0.05) is 0 Å². The summed E-state index contributed by atoms with van der Waals surface area (Å²) >= 11 is 0. The van der Waals surface area contributed by atoms with Crippen LogP contribution >= 0.6 is 24.0 Å². The molecular weight excluding hydrogens is 485 g/mol. The van der Waals surface area contributed by atoms with E-state index < -0.39 is 12.0 Å². The maximum Gasteiger partial charge on any atom is 0.387 e. The van der Waals surface area contributed by atoms with Gasteiger partial charge in [0.05, 0.1) is 12.5 Å². The molecule has 0 aliphatic heterocycles. The highest BCUT2D eigenvalue weighted by Crippen LogP contribution is 2.25. The topological polar surface area (TPSA) is 84.0 Å². The van der Waals surface area contributed by atoms with E-state index in [9.17, 15) is 13.6 Å². The Balaban J connectivity index is 0.00000729. The number of hydrogen-bond donors (Lipinski definition) is 3. The summed E-state index contributed by atoms with van der Waals surface area (Å²) in [4.78, 5) is 16.1. The number of guanidine groups is 1. The molecule has 0 spiro atoms. The molecule has 0 bridgehead atoms. The highest BCUT2D eigenvalue weighted by Gasteiger charge is 2.27. The van der Waals surface area contributed by atoms with Crippen LogP contribution in [0.4, 0.5) is 8.78 Å². The van der Waals surface area contributed by atoms with Gasteiger partial charge < -0.3 is 25.4 Å². The summed E-state index contributed by atoms with van der Waals surface area (Å²) < 4.78 is 34.9. The fourth-order valence-electron chi connectivity index (χ4n) is 2.22. The Morgan fingerprint density at radius 1 is 1.25 bits per heavy atom. The van der Waals surface area contributed by atoms with E-state index in [1.54, 1.807) is 19.2 Å². The van der Waals surface area contributed by atoms with Crippen molar-refractivity contribution < 1.29 is 23.0 Å². The van der Waals surface area contributed by atoms with Crippen molar-refractivity contribution in [2.75, 3.05) is 27.2 Å². The van der Waals surface area contributed by atoms with Crippen LogP contribution in [0.3, 0.4) is 0 Å². The number of carbonyl (C=O) groups excluding carboxylic acids is 1. The van der Waals surface area contributed by atoms with Crippen molar-refractivity contribution in [3.8, 4) is 11.5 Å².